The maximum Gasteiger partial charge on any atom is 0.0993 e. The SMILES string of the molecule is COC1=CC2C=C(OC)C3C=CC1C23. The molecule has 3 aliphatic rings. The van der Waals surface area contributed by atoms with E-state index in [1.54, 1.807) is 14.2 Å². The van der Waals surface area contributed by atoms with Crippen LogP contribution >= 0.6 is 0 Å². The van der Waals surface area contributed by atoms with Crippen molar-refractivity contribution in [2.24, 2.45) is 23.7 Å². The van der Waals surface area contributed by atoms with Gasteiger partial charge < -0.3 is 9.47 Å². The summed E-state index contributed by atoms with van der Waals surface area (Å²) >= 11 is 0. The third kappa shape index (κ3) is 0.813. The Morgan fingerprint density at radius 2 is 1.43 bits per heavy atom. The number of ether oxygens (including phenoxy) is 2. The van der Waals surface area contributed by atoms with Crippen molar-refractivity contribution in [2.75, 3.05) is 14.2 Å². The van der Waals surface area contributed by atoms with Crippen LogP contribution in [0.4, 0.5) is 0 Å². The molecule has 0 fully saturated rings. The second kappa shape index (κ2) is 2.66. The minimum absolute atomic E-state index is 0.485. The van der Waals surface area contributed by atoms with Crippen molar-refractivity contribution >= 4 is 0 Å². The van der Waals surface area contributed by atoms with Crippen LogP contribution in [-0.2, 0) is 9.47 Å². The Bertz CT molecular complexity index is 319. The van der Waals surface area contributed by atoms with E-state index in [-0.39, 0.29) is 0 Å². The second-order valence-electron chi connectivity index (χ2n) is 4.14. The largest absolute Gasteiger partial charge is 0.501 e. The van der Waals surface area contributed by atoms with Crippen molar-refractivity contribution in [2.45, 2.75) is 0 Å². The molecule has 3 aliphatic carbocycles. The third-order valence-electron chi connectivity index (χ3n) is 3.64. The summed E-state index contributed by atoms with van der Waals surface area (Å²) in [6.45, 7) is 0. The van der Waals surface area contributed by atoms with Gasteiger partial charge in [0.05, 0.1) is 25.7 Å². The van der Waals surface area contributed by atoms with Crippen LogP contribution in [0.25, 0.3) is 0 Å². The minimum atomic E-state index is 0.485. The Labute approximate surface area is 83.9 Å². The van der Waals surface area contributed by atoms with Crippen LogP contribution < -0.4 is 0 Å². The van der Waals surface area contributed by atoms with Gasteiger partial charge in [-0.25, -0.2) is 0 Å². The smallest absolute Gasteiger partial charge is 0.0993 e. The molecule has 2 atom stereocenters. The van der Waals surface area contributed by atoms with E-state index in [2.05, 4.69) is 24.3 Å². The Hall–Kier alpha value is -1.18. The fourth-order valence-corrected chi connectivity index (χ4v) is 3.05. The number of allylic oxidation sites excluding steroid dienone is 4. The standard InChI is InChI=1S/C12H14O2/c1-13-10-5-7-6-11(14-2)9-4-3-8(10)12(7)9/h3-9,12H,1-2H3. The predicted octanol–water partition coefficient (Wildman–Crippen LogP) is 2.11. The Morgan fingerprint density at radius 1 is 0.929 bits per heavy atom. The molecule has 0 radical (unpaired) electrons. The van der Waals surface area contributed by atoms with Crippen LogP contribution in [-0.4, -0.2) is 14.2 Å². The first-order valence-corrected chi connectivity index (χ1v) is 5.05. The van der Waals surface area contributed by atoms with E-state index in [9.17, 15) is 0 Å². The van der Waals surface area contributed by atoms with E-state index >= 15 is 0 Å². The molecule has 0 amide bonds. The van der Waals surface area contributed by atoms with Crippen LogP contribution in [0, 0.1) is 23.7 Å². The average molecular weight is 190 g/mol. The lowest BCUT2D eigenvalue weighted by Crippen LogP contribution is -2.14. The lowest BCUT2D eigenvalue weighted by Gasteiger charge is -2.17. The fourth-order valence-electron chi connectivity index (χ4n) is 3.05. The molecule has 0 aromatic heterocycles. The summed E-state index contributed by atoms with van der Waals surface area (Å²) in [5.74, 6) is 4.39. The zero-order chi connectivity index (χ0) is 9.71. The molecule has 2 heteroatoms. The highest BCUT2D eigenvalue weighted by molar-refractivity contribution is 5.37. The summed E-state index contributed by atoms with van der Waals surface area (Å²) in [5, 5.41) is 0. The van der Waals surface area contributed by atoms with Gasteiger partial charge in [-0.2, -0.15) is 0 Å². The van der Waals surface area contributed by atoms with Crippen molar-refractivity contribution in [1.29, 1.82) is 0 Å². The lowest BCUT2D eigenvalue weighted by atomic mass is 9.88. The van der Waals surface area contributed by atoms with E-state index in [4.69, 9.17) is 9.47 Å². The molecular weight excluding hydrogens is 176 g/mol. The summed E-state index contributed by atoms with van der Waals surface area (Å²) in [6.07, 6.45) is 8.99. The topological polar surface area (TPSA) is 18.5 Å². The number of rotatable bonds is 2. The highest BCUT2D eigenvalue weighted by Crippen LogP contribution is 2.53. The monoisotopic (exact) mass is 190 g/mol. The van der Waals surface area contributed by atoms with Crippen molar-refractivity contribution < 1.29 is 9.47 Å². The quantitative estimate of drug-likeness (QED) is 0.621. The van der Waals surface area contributed by atoms with Gasteiger partial charge in [0.15, 0.2) is 0 Å². The lowest BCUT2D eigenvalue weighted by molar-refractivity contribution is 0.215. The van der Waals surface area contributed by atoms with Crippen molar-refractivity contribution in [3.05, 3.63) is 35.8 Å². The van der Waals surface area contributed by atoms with Gasteiger partial charge in [-0.05, 0) is 18.1 Å². The van der Waals surface area contributed by atoms with Crippen molar-refractivity contribution in [1.82, 2.24) is 0 Å². The van der Waals surface area contributed by atoms with Gasteiger partial charge in [-0.15, -0.1) is 0 Å². The molecule has 0 aliphatic heterocycles. The highest BCUT2D eigenvalue weighted by atomic mass is 16.5. The van der Waals surface area contributed by atoms with Gasteiger partial charge in [-0.3, -0.25) is 0 Å². The Balaban J connectivity index is 2.00. The summed E-state index contributed by atoms with van der Waals surface area (Å²) < 4.78 is 10.8. The Kier molecular flexibility index (Phi) is 1.55. The van der Waals surface area contributed by atoms with Gasteiger partial charge in [0, 0.05) is 17.8 Å². The van der Waals surface area contributed by atoms with Gasteiger partial charge in [0.25, 0.3) is 0 Å². The van der Waals surface area contributed by atoms with Gasteiger partial charge in [0.1, 0.15) is 0 Å². The van der Waals surface area contributed by atoms with E-state index in [0.29, 0.717) is 23.7 Å². The van der Waals surface area contributed by atoms with Crippen LogP contribution in [0.2, 0.25) is 0 Å². The molecule has 74 valence electrons. The summed E-state index contributed by atoms with van der Waals surface area (Å²) in [6, 6.07) is 0. The highest BCUT2D eigenvalue weighted by Gasteiger charge is 2.48. The van der Waals surface area contributed by atoms with E-state index in [1.165, 1.54) is 0 Å². The molecule has 0 N–H and O–H groups in total. The molecule has 2 nitrogen and oxygen atoms in total. The van der Waals surface area contributed by atoms with E-state index in [1.807, 2.05) is 0 Å². The maximum atomic E-state index is 5.39. The molecule has 2 unspecified atom stereocenters. The Morgan fingerprint density at radius 3 is 1.86 bits per heavy atom. The minimum Gasteiger partial charge on any atom is -0.501 e. The zero-order valence-corrected chi connectivity index (χ0v) is 8.44. The summed E-state index contributed by atoms with van der Waals surface area (Å²) in [7, 11) is 3.52. The van der Waals surface area contributed by atoms with Crippen molar-refractivity contribution in [3.8, 4) is 0 Å². The van der Waals surface area contributed by atoms with Crippen LogP contribution in [0.5, 0.6) is 0 Å². The van der Waals surface area contributed by atoms with Crippen LogP contribution in [0.3, 0.4) is 0 Å². The third-order valence-corrected chi connectivity index (χ3v) is 3.64. The molecule has 0 bridgehead atoms. The molecule has 0 saturated carbocycles. The van der Waals surface area contributed by atoms with Gasteiger partial charge >= 0.3 is 0 Å². The molecular formula is C12H14O2. The summed E-state index contributed by atoms with van der Waals surface area (Å²) in [5.41, 5.74) is 0. The zero-order valence-electron chi connectivity index (χ0n) is 8.44. The average Bonchev–Trinajstić information content (AvgIpc) is 2.83. The maximum absolute atomic E-state index is 5.39. The normalized spacial score (nSPS) is 42.1. The van der Waals surface area contributed by atoms with E-state index < -0.39 is 0 Å². The number of methoxy groups -OCH3 is 2. The summed E-state index contributed by atoms with van der Waals surface area (Å²) in [4.78, 5) is 0. The number of hydrogen-bond donors (Lipinski definition) is 0. The van der Waals surface area contributed by atoms with Crippen LogP contribution in [0.1, 0.15) is 0 Å². The first-order chi connectivity index (χ1) is 6.85. The molecule has 14 heavy (non-hydrogen) atoms. The molecule has 0 saturated heterocycles. The molecule has 0 heterocycles. The van der Waals surface area contributed by atoms with Gasteiger partial charge in [0.2, 0.25) is 0 Å². The number of hydrogen-bond acceptors (Lipinski definition) is 2. The van der Waals surface area contributed by atoms with Gasteiger partial charge in [-0.1, -0.05) is 12.2 Å². The second-order valence-corrected chi connectivity index (χ2v) is 4.14. The first kappa shape index (κ1) is 8.16. The molecule has 0 aromatic carbocycles. The first-order valence-electron chi connectivity index (χ1n) is 5.05. The van der Waals surface area contributed by atoms with Crippen LogP contribution in [0.15, 0.2) is 35.8 Å². The molecule has 0 spiro atoms. The predicted molar refractivity (Wildman–Crippen MR) is 53.3 cm³/mol. The molecule has 3 rings (SSSR count). The molecule has 0 aromatic rings. The fraction of sp³-hybridized carbons (Fsp3) is 0.500. The van der Waals surface area contributed by atoms with Crippen molar-refractivity contribution in [3.63, 3.8) is 0 Å². The van der Waals surface area contributed by atoms with E-state index in [0.717, 1.165) is 11.5 Å².